The normalized spacial score (nSPS) is 13.3. The summed E-state index contributed by atoms with van der Waals surface area (Å²) >= 11 is 9.53. The lowest BCUT2D eigenvalue weighted by Crippen LogP contribution is -1.94. The molecule has 0 saturated carbocycles. The zero-order chi connectivity index (χ0) is 17.5. The van der Waals surface area contributed by atoms with Gasteiger partial charge in [0.25, 0.3) is 0 Å². The summed E-state index contributed by atoms with van der Waals surface area (Å²) in [6.07, 6.45) is 7.10. The van der Waals surface area contributed by atoms with Crippen LogP contribution in [0.4, 0.5) is 0 Å². The lowest BCUT2D eigenvalue weighted by Gasteiger charge is -2.07. The molecule has 0 aliphatic heterocycles. The highest BCUT2D eigenvalue weighted by molar-refractivity contribution is 7.99. The van der Waals surface area contributed by atoms with Crippen molar-refractivity contribution < 1.29 is 0 Å². The molecule has 5 rings (SSSR count). The Morgan fingerprint density at radius 1 is 1.04 bits per heavy atom. The van der Waals surface area contributed by atoms with Crippen molar-refractivity contribution in [3.63, 3.8) is 0 Å². The average Bonchev–Trinajstić information content (AvgIpc) is 3.25. The minimum Gasteiger partial charge on any atom is -0.264 e. The molecule has 0 atom stereocenters. The molecule has 3 heterocycles. The van der Waals surface area contributed by atoms with Crippen LogP contribution in [0.25, 0.3) is 21.6 Å². The molecule has 0 saturated heterocycles. The van der Waals surface area contributed by atoms with Gasteiger partial charge in [0.05, 0.1) is 0 Å². The van der Waals surface area contributed by atoms with Gasteiger partial charge in [0, 0.05) is 38.1 Å². The van der Waals surface area contributed by atoms with Gasteiger partial charge in [0.1, 0.15) is 9.86 Å². The van der Waals surface area contributed by atoms with Crippen molar-refractivity contribution >= 4 is 44.9 Å². The maximum atomic E-state index is 6.03. The van der Waals surface area contributed by atoms with Gasteiger partial charge in [-0.15, -0.1) is 11.3 Å². The predicted molar refractivity (Wildman–Crippen MR) is 108 cm³/mol. The SMILES string of the molecule is Clc1ccc(Sc2nc(-c3cccnc3)nc3sc4c(c23)CCC4)cc1. The lowest BCUT2D eigenvalue weighted by molar-refractivity contribution is 0.915. The summed E-state index contributed by atoms with van der Waals surface area (Å²) < 4.78 is 0. The number of halogens is 1. The van der Waals surface area contributed by atoms with E-state index >= 15 is 0 Å². The Bertz CT molecular complexity index is 1090. The molecule has 26 heavy (non-hydrogen) atoms. The van der Waals surface area contributed by atoms with Crippen molar-refractivity contribution in [2.75, 3.05) is 0 Å². The number of aryl methyl sites for hydroxylation is 2. The molecular weight excluding hydrogens is 382 g/mol. The molecule has 6 heteroatoms. The van der Waals surface area contributed by atoms with E-state index in [0.717, 1.165) is 44.0 Å². The number of hydrogen-bond donors (Lipinski definition) is 0. The van der Waals surface area contributed by atoms with E-state index in [1.54, 1.807) is 18.0 Å². The second-order valence-electron chi connectivity index (χ2n) is 6.19. The standard InChI is InChI=1S/C20H14ClN3S2/c21-13-6-8-14(9-7-13)25-19-17-15-4-1-5-16(15)26-20(17)24-18(23-19)12-3-2-10-22-11-12/h2-3,6-11H,1,4-5H2. The zero-order valence-electron chi connectivity index (χ0n) is 13.8. The topological polar surface area (TPSA) is 38.7 Å². The number of nitrogens with zero attached hydrogens (tertiary/aromatic N) is 3. The number of benzene rings is 1. The minimum absolute atomic E-state index is 0.738. The first kappa shape index (κ1) is 16.2. The van der Waals surface area contributed by atoms with Gasteiger partial charge in [-0.05, 0) is 61.2 Å². The van der Waals surface area contributed by atoms with Crippen molar-refractivity contribution in [3.8, 4) is 11.4 Å². The third-order valence-electron chi connectivity index (χ3n) is 4.48. The number of hydrogen-bond acceptors (Lipinski definition) is 5. The summed E-state index contributed by atoms with van der Waals surface area (Å²) in [6.45, 7) is 0. The van der Waals surface area contributed by atoms with Crippen LogP contribution in [0.1, 0.15) is 16.9 Å². The molecule has 1 aliphatic rings. The molecule has 0 spiro atoms. The summed E-state index contributed by atoms with van der Waals surface area (Å²) in [6, 6.07) is 11.8. The highest BCUT2D eigenvalue weighted by atomic mass is 35.5. The number of aromatic nitrogens is 3. The predicted octanol–water partition coefficient (Wildman–Crippen LogP) is 6.05. The molecule has 0 radical (unpaired) electrons. The number of rotatable bonds is 3. The fourth-order valence-electron chi connectivity index (χ4n) is 3.27. The third-order valence-corrected chi connectivity index (χ3v) is 6.91. The molecule has 0 unspecified atom stereocenters. The van der Waals surface area contributed by atoms with Crippen molar-refractivity contribution in [1.29, 1.82) is 0 Å². The van der Waals surface area contributed by atoms with Crippen LogP contribution in [-0.4, -0.2) is 15.0 Å². The third kappa shape index (κ3) is 2.90. The van der Waals surface area contributed by atoms with Crippen molar-refractivity contribution in [2.24, 2.45) is 0 Å². The second kappa shape index (κ2) is 6.65. The van der Waals surface area contributed by atoms with Gasteiger partial charge in [0.2, 0.25) is 0 Å². The summed E-state index contributed by atoms with van der Waals surface area (Å²) in [5.74, 6) is 0.738. The van der Waals surface area contributed by atoms with Gasteiger partial charge in [-0.1, -0.05) is 23.4 Å². The van der Waals surface area contributed by atoms with Gasteiger partial charge >= 0.3 is 0 Å². The smallest absolute Gasteiger partial charge is 0.163 e. The summed E-state index contributed by atoms with van der Waals surface area (Å²) in [7, 11) is 0. The van der Waals surface area contributed by atoms with E-state index in [-0.39, 0.29) is 0 Å². The summed E-state index contributed by atoms with van der Waals surface area (Å²) in [5.41, 5.74) is 2.39. The molecule has 1 aliphatic carbocycles. The maximum Gasteiger partial charge on any atom is 0.163 e. The van der Waals surface area contributed by atoms with Gasteiger partial charge in [0.15, 0.2) is 5.82 Å². The van der Waals surface area contributed by atoms with Crippen LogP contribution < -0.4 is 0 Å². The Balaban J connectivity index is 1.69. The average molecular weight is 396 g/mol. The van der Waals surface area contributed by atoms with Crippen molar-refractivity contribution in [2.45, 2.75) is 29.2 Å². The first-order valence-corrected chi connectivity index (χ1v) is 10.4. The van der Waals surface area contributed by atoms with Crippen LogP contribution in [0.2, 0.25) is 5.02 Å². The molecule has 3 aromatic heterocycles. The Labute approximate surface area is 164 Å². The van der Waals surface area contributed by atoms with E-state index in [2.05, 4.69) is 4.98 Å². The second-order valence-corrected chi connectivity index (χ2v) is 8.77. The highest BCUT2D eigenvalue weighted by Gasteiger charge is 2.23. The van der Waals surface area contributed by atoms with E-state index in [1.165, 1.54) is 22.2 Å². The molecule has 3 nitrogen and oxygen atoms in total. The van der Waals surface area contributed by atoms with E-state index in [4.69, 9.17) is 21.6 Å². The Kier molecular flexibility index (Phi) is 4.15. The Morgan fingerprint density at radius 3 is 2.73 bits per heavy atom. The van der Waals surface area contributed by atoms with Crippen LogP contribution in [0.5, 0.6) is 0 Å². The zero-order valence-corrected chi connectivity index (χ0v) is 16.2. The molecular formula is C20H14ClN3S2. The first-order valence-electron chi connectivity index (χ1n) is 8.44. The van der Waals surface area contributed by atoms with E-state index in [0.29, 0.717) is 0 Å². The quantitative estimate of drug-likeness (QED) is 0.396. The van der Waals surface area contributed by atoms with Gasteiger partial charge < -0.3 is 0 Å². The molecule has 0 N–H and O–H groups in total. The fraction of sp³-hybridized carbons (Fsp3) is 0.150. The van der Waals surface area contributed by atoms with Gasteiger partial charge in [-0.2, -0.15) is 0 Å². The number of thiophene rings is 1. The molecule has 0 fully saturated rings. The highest BCUT2D eigenvalue weighted by Crippen LogP contribution is 2.43. The maximum absolute atomic E-state index is 6.03. The van der Waals surface area contributed by atoms with Crippen LogP contribution >= 0.6 is 34.7 Å². The monoisotopic (exact) mass is 395 g/mol. The molecule has 0 bridgehead atoms. The van der Waals surface area contributed by atoms with Crippen LogP contribution in [-0.2, 0) is 12.8 Å². The molecule has 4 aromatic rings. The summed E-state index contributed by atoms with van der Waals surface area (Å²) in [5, 5.41) is 3.00. The van der Waals surface area contributed by atoms with E-state index in [1.807, 2.05) is 53.9 Å². The lowest BCUT2D eigenvalue weighted by atomic mass is 10.2. The van der Waals surface area contributed by atoms with E-state index in [9.17, 15) is 0 Å². The van der Waals surface area contributed by atoms with Crippen LogP contribution in [0.3, 0.4) is 0 Å². The van der Waals surface area contributed by atoms with Crippen LogP contribution in [0, 0.1) is 0 Å². The Hall–Kier alpha value is -1.95. The van der Waals surface area contributed by atoms with Gasteiger partial charge in [-0.25, -0.2) is 9.97 Å². The molecule has 128 valence electrons. The fourth-order valence-corrected chi connectivity index (χ4v) is 5.68. The summed E-state index contributed by atoms with van der Waals surface area (Å²) in [4.78, 5) is 17.7. The first-order chi connectivity index (χ1) is 12.8. The van der Waals surface area contributed by atoms with E-state index < -0.39 is 0 Å². The van der Waals surface area contributed by atoms with Gasteiger partial charge in [-0.3, -0.25) is 4.98 Å². The largest absolute Gasteiger partial charge is 0.264 e. The Morgan fingerprint density at radius 2 is 1.92 bits per heavy atom. The van der Waals surface area contributed by atoms with Crippen LogP contribution in [0.15, 0.2) is 58.7 Å². The number of fused-ring (bicyclic) bond motifs is 3. The number of pyridine rings is 1. The molecule has 0 amide bonds. The minimum atomic E-state index is 0.738. The molecule has 1 aromatic carbocycles. The van der Waals surface area contributed by atoms with Crippen molar-refractivity contribution in [1.82, 2.24) is 15.0 Å². The van der Waals surface area contributed by atoms with Crippen molar-refractivity contribution in [3.05, 3.63) is 64.3 Å².